The molecule has 2 N–H and O–H groups in total. The zero-order valence-corrected chi connectivity index (χ0v) is 15.0. The number of hydrogen-bond donors (Lipinski definition) is 2. The van der Waals surface area contributed by atoms with Gasteiger partial charge < -0.3 is 10.6 Å². The molecule has 7 heteroatoms. The smallest absolute Gasteiger partial charge is 0.226 e. The van der Waals surface area contributed by atoms with Crippen LogP contribution in [0.2, 0.25) is 5.02 Å². The van der Waals surface area contributed by atoms with E-state index < -0.39 is 5.82 Å². The molecule has 0 aliphatic rings. The number of hydrogen-bond acceptors (Lipinski definition) is 2. The van der Waals surface area contributed by atoms with Crippen LogP contribution in [-0.2, 0) is 16.0 Å². The highest BCUT2D eigenvalue weighted by Gasteiger charge is 2.09. The van der Waals surface area contributed by atoms with E-state index in [-0.39, 0.29) is 36.2 Å². The predicted molar refractivity (Wildman–Crippen MR) is 95.5 cm³/mol. The molecule has 0 bridgehead atoms. The molecule has 0 aliphatic heterocycles. The Kier molecular flexibility index (Phi) is 6.75. The summed E-state index contributed by atoms with van der Waals surface area (Å²) in [5, 5.41) is 5.58. The SMILES string of the molecule is O=C(Cc1ccc(F)cc1Cl)NCCC(=O)Nc1ccc(Br)cc1. The molecular weight excluding hydrogens is 399 g/mol. The molecule has 4 nitrogen and oxygen atoms in total. The Labute approximate surface area is 152 Å². The van der Waals surface area contributed by atoms with Gasteiger partial charge in [-0.1, -0.05) is 33.6 Å². The second-order valence-corrected chi connectivity index (χ2v) is 6.39. The third-order valence-electron chi connectivity index (χ3n) is 3.17. The van der Waals surface area contributed by atoms with Gasteiger partial charge in [-0.2, -0.15) is 0 Å². The second kappa shape index (κ2) is 8.80. The lowest BCUT2D eigenvalue weighted by Crippen LogP contribution is -2.29. The van der Waals surface area contributed by atoms with Crippen molar-refractivity contribution in [3.63, 3.8) is 0 Å². The summed E-state index contributed by atoms with van der Waals surface area (Å²) in [5.41, 5.74) is 1.22. The molecule has 2 aromatic rings. The van der Waals surface area contributed by atoms with E-state index in [2.05, 4.69) is 26.6 Å². The number of carbonyl (C=O) groups is 2. The number of anilines is 1. The van der Waals surface area contributed by atoms with Crippen molar-refractivity contribution in [3.8, 4) is 0 Å². The normalized spacial score (nSPS) is 10.3. The highest BCUT2D eigenvalue weighted by molar-refractivity contribution is 9.10. The van der Waals surface area contributed by atoms with Crippen LogP contribution in [0.4, 0.5) is 10.1 Å². The van der Waals surface area contributed by atoms with Gasteiger partial charge >= 0.3 is 0 Å². The molecule has 2 amide bonds. The minimum Gasteiger partial charge on any atom is -0.355 e. The topological polar surface area (TPSA) is 58.2 Å². The lowest BCUT2D eigenvalue weighted by Gasteiger charge is -2.08. The van der Waals surface area contributed by atoms with Crippen molar-refractivity contribution in [2.45, 2.75) is 12.8 Å². The fraction of sp³-hybridized carbons (Fsp3) is 0.176. The lowest BCUT2D eigenvalue weighted by molar-refractivity contribution is -0.120. The van der Waals surface area contributed by atoms with Crippen LogP contribution in [0.25, 0.3) is 0 Å². The average Bonchev–Trinajstić information content (AvgIpc) is 2.52. The largest absolute Gasteiger partial charge is 0.355 e. The molecule has 0 radical (unpaired) electrons. The van der Waals surface area contributed by atoms with E-state index in [4.69, 9.17) is 11.6 Å². The zero-order valence-electron chi connectivity index (χ0n) is 12.6. The predicted octanol–water partition coefficient (Wildman–Crippen LogP) is 3.93. The fourth-order valence-corrected chi connectivity index (χ4v) is 2.47. The quantitative estimate of drug-likeness (QED) is 0.754. The second-order valence-electron chi connectivity index (χ2n) is 5.07. The zero-order chi connectivity index (χ0) is 17.5. The van der Waals surface area contributed by atoms with Crippen molar-refractivity contribution in [3.05, 3.63) is 63.3 Å². The van der Waals surface area contributed by atoms with Gasteiger partial charge in [-0.25, -0.2) is 4.39 Å². The van der Waals surface area contributed by atoms with E-state index >= 15 is 0 Å². The first-order valence-electron chi connectivity index (χ1n) is 7.20. The molecular formula is C17H15BrClFN2O2. The van der Waals surface area contributed by atoms with Crippen molar-refractivity contribution in [1.29, 1.82) is 0 Å². The number of amides is 2. The third-order valence-corrected chi connectivity index (χ3v) is 4.05. The highest BCUT2D eigenvalue weighted by atomic mass is 79.9. The van der Waals surface area contributed by atoms with Crippen molar-refractivity contribution >= 4 is 45.0 Å². The molecule has 0 atom stereocenters. The Morgan fingerprint density at radius 3 is 2.46 bits per heavy atom. The highest BCUT2D eigenvalue weighted by Crippen LogP contribution is 2.17. The monoisotopic (exact) mass is 412 g/mol. The summed E-state index contributed by atoms with van der Waals surface area (Å²) in [6.45, 7) is 0.208. The summed E-state index contributed by atoms with van der Waals surface area (Å²) in [4.78, 5) is 23.6. The Morgan fingerprint density at radius 1 is 1.08 bits per heavy atom. The van der Waals surface area contributed by atoms with E-state index in [1.165, 1.54) is 12.1 Å². The van der Waals surface area contributed by atoms with Crippen LogP contribution >= 0.6 is 27.5 Å². The molecule has 126 valence electrons. The van der Waals surface area contributed by atoms with Crippen molar-refractivity contribution in [2.75, 3.05) is 11.9 Å². The van der Waals surface area contributed by atoms with Gasteiger partial charge in [0.15, 0.2) is 0 Å². The summed E-state index contributed by atoms with van der Waals surface area (Å²) in [6.07, 6.45) is 0.187. The maximum Gasteiger partial charge on any atom is 0.226 e. The van der Waals surface area contributed by atoms with Crippen LogP contribution in [0.5, 0.6) is 0 Å². The molecule has 0 aliphatic carbocycles. The molecule has 0 spiro atoms. The first-order valence-corrected chi connectivity index (χ1v) is 8.37. The number of benzene rings is 2. The summed E-state index contributed by atoms with van der Waals surface area (Å²) in [5.74, 6) is -0.925. The van der Waals surface area contributed by atoms with Crippen LogP contribution in [0, 0.1) is 5.82 Å². The number of halogens is 3. The maximum atomic E-state index is 12.9. The maximum absolute atomic E-state index is 12.9. The number of nitrogens with one attached hydrogen (secondary N) is 2. The number of carbonyl (C=O) groups excluding carboxylic acids is 2. The van der Waals surface area contributed by atoms with E-state index in [1.54, 1.807) is 12.1 Å². The molecule has 0 fully saturated rings. The van der Waals surface area contributed by atoms with Gasteiger partial charge in [0, 0.05) is 28.1 Å². The van der Waals surface area contributed by atoms with Crippen LogP contribution in [0.1, 0.15) is 12.0 Å². The Balaban J connectivity index is 1.73. The van der Waals surface area contributed by atoms with E-state index in [1.807, 2.05) is 12.1 Å². The molecule has 2 rings (SSSR count). The summed E-state index contributed by atoms with van der Waals surface area (Å²) in [7, 11) is 0. The Morgan fingerprint density at radius 2 is 1.79 bits per heavy atom. The standard InChI is InChI=1S/C17H15BrClFN2O2/c18-12-2-5-14(6-3-12)22-16(23)7-8-21-17(24)9-11-1-4-13(20)10-15(11)19/h1-6,10H,7-9H2,(H,21,24)(H,22,23). The average molecular weight is 414 g/mol. The molecule has 0 saturated carbocycles. The van der Waals surface area contributed by atoms with Gasteiger partial charge in [0.25, 0.3) is 0 Å². The van der Waals surface area contributed by atoms with Gasteiger partial charge in [-0.3, -0.25) is 9.59 Å². The van der Waals surface area contributed by atoms with Gasteiger partial charge in [-0.05, 0) is 42.0 Å². The molecule has 24 heavy (non-hydrogen) atoms. The van der Waals surface area contributed by atoms with E-state index in [0.29, 0.717) is 11.3 Å². The van der Waals surface area contributed by atoms with Gasteiger partial charge in [0.1, 0.15) is 5.82 Å². The first kappa shape index (κ1) is 18.4. The summed E-state index contributed by atoms with van der Waals surface area (Å²) < 4.78 is 13.9. The molecule has 0 aromatic heterocycles. The van der Waals surface area contributed by atoms with Crippen LogP contribution < -0.4 is 10.6 Å². The lowest BCUT2D eigenvalue weighted by atomic mass is 10.1. The van der Waals surface area contributed by atoms with E-state index in [9.17, 15) is 14.0 Å². The molecule has 0 heterocycles. The Hall–Kier alpha value is -1.92. The summed E-state index contributed by atoms with van der Waals surface area (Å²) >= 11 is 9.19. The van der Waals surface area contributed by atoms with Gasteiger partial charge in [0.05, 0.1) is 6.42 Å². The van der Waals surface area contributed by atoms with Gasteiger partial charge in [0.2, 0.25) is 11.8 Å². The van der Waals surface area contributed by atoms with Crippen LogP contribution in [0.15, 0.2) is 46.9 Å². The minimum absolute atomic E-state index is 0.0352. The van der Waals surface area contributed by atoms with E-state index in [0.717, 1.165) is 10.5 Å². The Bertz CT molecular complexity index is 738. The summed E-state index contributed by atoms with van der Waals surface area (Å²) in [6, 6.07) is 11.1. The van der Waals surface area contributed by atoms with Crippen molar-refractivity contribution in [1.82, 2.24) is 5.32 Å². The van der Waals surface area contributed by atoms with Gasteiger partial charge in [-0.15, -0.1) is 0 Å². The molecule has 0 unspecified atom stereocenters. The number of rotatable bonds is 6. The molecule has 0 saturated heterocycles. The van der Waals surface area contributed by atoms with Crippen molar-refractivity contribution < 1.29 is 14.0 Å². The van der Waals surface area contributed by atoms with Crippen molar-refractivity contribution in [2.24, 2.45) is 0 Å². The third kappa shape index (κ3) is 5.94. The minimum atomic E-state index is -0.450. The molecule has 2 aromatic carbocycles. The van der Waals surface area contributed by atoms with Crippen LogP contribution in [0.3, 0.4) is 0 Å². The van der Waals surface area contributed by atoms with Crippen LogP contribution in [-0.4, -0.2) is 18.4 Å². The first-order chi connectivity index (χ1) is 11.4. The fourth-order valence-electron chi connectivity index (χ4n) is 1.97.